The van der Waals surface area contributed by atoms with Crippen LogP contribution in [0.25, 0.3) is 0 Å². The van der Waals surface area contributed by atoms with Gasteiger partial charge >= 0.3 is 0 Å². The summed E-state index contributed by atoms with van der Waals surface area (Å²) in [5.41, 5.74) is 1.78. The van der Waals surface area contributed by atoms with Crippen molar-refractivity contribution in [1.82, 2.24) is 0 Å². The van der Waals surface area contributed by atoms with Crippen molar-refractivity contribution >= 4 is 39.1 Å². The molecular weight excluding hydrogens is 265 g/mol. The first-order valence-corrected chi connectivity index (χ1v) is 5.65. The maximum absolute atomic E-state index is 11.2. The van der Waals surface area contributed by atoms with Crippen LogP contribution >= 0.6 is 27.5 Å². The molecule has 1 atom stereocenters. The Labute approximate surface area is 95.2 Å². The zero-order chi connectivity index (χ0) is 10.1. The van der Waals surface area contributed by atoms with Crippen molar-refractivity contribution in [2.75, 3.05) is 5.33 Å². The SMILES string of the molecule is O=C1C=C(CBr)C2C=C(Cl)C=CC2=N1. The van der Waals surface area contributed by atoms with Crippen molar-refractivity contribution in [1.29, 1.82) is 0 Å². The van der Waals surface area contributed by atoms with E-state index in [0.29, 0.717) is 10.4 Å². The van der Waals surface area contributed by atoms with Crippen LogP contribution in [0.2, 0.25) is 0 Å². The number of dihydropyridines is 1. The van der Waals surface area contributed by atoms with Crippen LogP contribution in [-0.2, 0) is 4.79 Å². The smallest absolute Gasteiger partial charge is 0.267 e. The molecule has 1 aliphatic heterocycles. The second-order valence-electron chi connectivity index (χ2n) is 3.09. The molecule has 0 aromatic carbocycles. The van der Waals surface area contributed by atoms with Gasteiger partial charge in [0.15, 0.2) is 0 Å². The third kappa shape index (κ3) is 1.74. The molecule has 0 saturated heterocycles. The second-order valence-corrected chi connectivity index (χ2v) is 4.09. The van der Waals surface area contributed by atoms with Crippen LogP contribution in [0.4, 0.5) is 0 Å². The molecule has 2 aliphatic rings. The van der Waals surface area contributed by atoms with E-state index in [1.807, 2.05) is 6.08 Å². The highest BCUT2D eigenvalue weighted by Crippen LogP contribution is 2.27. The number of amides is 1. The van der Waals surface area contributed by atoms with E-state index in [4.69, 9.17) is 11.6 Å². The Morgan fingerprint density at radius 3 is 3.00 bits per heavy atom. The van der Waals surface area contributed by atoms with Gasteiger partial charge in [-0.05, 0) is 17.7 Å². The third-order valence-electron chi connectivity index (χ3n) is 2.16. The molecule has 72 valence electrons. The maximum atomic E-state index is 11.2. The van der Waals surface area contributed by atoms with Gasteiger partial charge in [-0.25, -0.2) is 4.99 Å². The molecule has 0 aromatic heterocycles. The van der Waals surface area contributed by atoms with Gasteiger partial charge in [-0.1, -0.05) is 33.6 Å². The molecule has 2 rings (SSSR count). The predicted molar refractivity (Wildman–Crippen MR) is 60.9 cm³/mol. The molecule has 1 heterocycles. The molecule has 0 spiro atoms. The number of rotatable bonds is 1. The lowest BCUT2D eigenvalue weighted by atomic mass is 9.89. The average molecular weight is 273 g/mol. The maximum Gasteiger partial charge on any atom is 0.269 e. The van der Waals surface area contributed by atoms with Gasteiger partial charge in [0, 0.05) is 22.4 Å². The Hall–Kier alpha value is -0.670. The molecule has 1 unspecified atom stereocenters. The van der Waals surface area contributed by atoms with Crippen molar-refractivity contribution in [2.24, 2.45) is 10.9 Å². The Morgan fingerprint density at radius 2 is 2.29 bits per heavy atom. The standard InChI is InChI=1S/C10H7BrClNO/c11-5-6-3-10(14)13-9-2-1-7(12)4-8(6)9/h1-4,8H,5H2. The van der Waals surface area contributed by atoms with E-state index < -0.39 is 0 Å². The Balaban J connectivity index is 2.42. The molecular formula is C10H7BrClNO. The number of carbonyl (C=O) groups excluding carboxylic acids is 1. The number of hydrogen-bond donors (Lipinski definition) is 0. The average Bonchev–Trinajstić information content (AvgIpc) is 2.17. The van der Waals surface area contributed by atoms with Crippen LogP contribution in [-0.4, -0.2) is 16.9 Å². The van der Waals surface area contributed by atoms with E-state index in [9.17, 15) is 4.79 Å². The van der Waals surface area contributed by atoms with Crippen molar-refractivity contribution in [3.63, 3.8) is 0 Å². The molecule has 2 nitrogen and oxygen atoms in total. The van der Waals surface area contributed by atoms with Crippen LogP contribution in [0.1, 0.15) is 0 Å². The molecule has 0 fully saturated rings. The molecule has 1 aliphatic carbocycles. The second kappa shape index (κ2) is 3.83. The summed E-state index contributed by atoms with van der Waals surface area (Å²) in [4.78, 5) is 15.1. The van der Waals surface area contributed by atoms with Gasteiger partial charge in [-0.2, -0.15) is 0 Å². The normalized spacial score (nSPS) is 25.1. The minimum absolute atomic E-state index is 0.0598. The van der Waals surface area contributed by atoms with Crippen molar-refractivity contribution < 1.29 is 4.79 Å². The molecule has 0 aromatic rings. The van der Waals surface area contributed by atoms with Gasteiger partial charge in [0.2, 0.25) is 0 Å². The number of aliphatic imine (C=N–C) groups is 1. The first kappa shape index (κ1) is 9.87. The summed E-state index contributed by atoms with van der Waals surface area (Å²) in [6.45, 7) is 0. The van der Waals surface area contributed by atoms with Crippen molar-refractivity contribution in [3.8, 4) is 0 Å². The fourth-order valence-corrected chi connectivity index (χ4v) is 2.20. The van der Waals surface area contributed by atoms with Crippen LogP contribution in [0.15, 0.2) is 39.9 Å². The van der Waals surface area contributed by atoms with Crippen molar-refractivity contribution in [2.45, 2.75) is 0 Å². The Morgan fingerprint density at radius 1 is 1.50 bits per heavy atom. The van der Waals surface area contributed by atoms with Crippen molar-refractivity contribution in [3.05, 3.63) is 34.9 Å². The van der Waals surface area contributed by atoms with Gasteiger partial charge in [-0.3, -0.25) is 4.79 Å². The summed E-state index contributed by atoms with van der Waals surface area (Å²) in [5, 5.41) is 1.35. The fraction of sp³-hybridized carbons (Fsp3) is 0.200. The van der Waals surface area contributed by atoms with E-state index in [1.165, 1.54) is 0 Å². The monoisotopic (exact) mass is 271 g/mol. The van der Waals surface area contributed by atoms with E-state index in [1.54, 1.807) is 18.2 Å². The summed E-state index contributed by atoms with van der Waals surface area (Å²) in [5.74, 6) is -0.133. The molecule has 0 saturated carbocycles. The predicted octanol–water partition coefficient (Wildman–Crippen LogP) is 2.60. The fourth-order valence-electron chi connectivity index (χ4n) is 1.50. The van der Waals surface area contributed by atoms with Crippen LogP contribution in [0.3, 0.4) is 0 Å². The number of alkyl halides is 1. The zero-order valence-electron chi connectivity index (χ0n) is 7.21. The van der Waals surface area contributed by atoms with E-state index in [0.717, 1.165) is 11.3 Å². The molecule has 1 amide bonds. The van der Waals surface area contributed by atoms with Gasteiger partial charge in [-0.15, -0.1) is 0 Å². The molecule has 14 heavy (non-hydrogen) atoms. The van der Waals surface area contributed by atoms with E-state index in [-0.39, 0.29) is 11.8 Å². The molecule has 4 heteroatoms. The quantitative estimate of drug-likeness (QED) is 0.675. The van der Waals surface area contributed by atoms with Gasteiger partial charge in [0.05, 0.1) is 5.71 Å². The van der Waals surface area contributed by atoms with E-state index in [2.05, 4.69) is 20.9 Å². The molecule has 0 bridgehead atoms. The van der Waals surface area contributed by atoms with Crippen LogP contribution in [0, 0.1) is 5.92 Å². The highest BCUT2D eigenvalue weighted by atomic mass is 79.9. The highest BCUT2D eigenvalue weighted by Gasteiger charge is 2.24. The zero-order valence-corrected chi connectivity index (χ0v) is 9.55. The summed E-state index contributed by atoms with van der Waals surface area (Å²) < 4.78 is 0. The first-order valence-electron chi connectivity index (χ1n) is 4.15. The minimum atomic E-state index is -0.193. The number of carbonyl (C=O) groups is 1. The summed E-state index contributed by atoms with van der Waals surface area (Å²) in [7, 11) is 0. The summed E-state index contributed by atoms with van der Waals surface area (Å²) in [6, 6.07) is 0. The Bertz CT molecular complexity index is 406. The summed E-state index contributed by atoms with van der Waals surface area (Å²) >= 11 is 9.24. The third-order valence-corrected chi connectivity index (χ3v) is 3.06. The number of fused-ring (bicyclic) bond motifs is 1. The largest absolute Gasteiger partial charge is 0.269 e. The van der Waals surface area contributed by atoms with Crippen LogP contribution < -0.4 is 0 Å². The number of allylic oxidation sites excluding steroid dienone is 5. The van der Waals surface area contributed by atoms with Gasteiger partial charge < -0.3 is 0 Å². The number of hydrogen-bond acceptors (Lipinski definition) is 1. The Kier molecular flexibility index (Phi) is 2.70. The molecule has 0 radical (unpaired) electrons. The highest BCUT2D eigenvalue weighted by molar-refractivity contribution is 9.09. The minimum Gasteiger partial charge on any atom is -0.267 e. The van der Waals surface area contributed by atoms with Gasteiger partial charge in [0.1, 0.15) is 0 Å². The topological polar surface area (TPSA) is 29.4 Å². The number of halogens is 2. The molecule has 0 N–H and O–H groups in total. The van der Waals surface area contributed by atoms with Crippen LogP contribution in [0.5, 0.6) is 0 Å². The number of nitrogens with zero attached hydrogens (tertiary/aromatic N) is 1. The summed E-state index contributed by atoms with van der Waals surface area (Å²) in [6.07, 6.45) is 7.00. The van der Waals surface area contributed by atoms with E-state index >= 15 is 0 Å². The lowest BCUT2D eigenvalue weighted by molar-refractivity contribution is -0.113. The van der Waals surface area contributed by atoms with Gasteiger partial charge in [0.25, 0.3) is 5.91 Å². The first-order chi connectivity index (χ1) is 6.70. The lowest BCUT2D eigenvalue weighted by Crippen LogP contribution is -2.22. The lowest BCUT2D eigenvalue weighted by Gasteiger charge is -2.21.